The number of carbonyl (C=O) groups excluding carboxylic acids is 1. The molecular formula is C9H13N3O. The van der Waals surface area contributed by atoms with Gasteiger partial charge in [0.2, 0.25) is 5.91 Å². The van der Waals surface area contributed by atoms with Gasteiger partial charge in [-0.2, -0.15) is 0 Å². The van der Waals surface area contributed by atoms with E-state index in [1.165, 1.54) is 0 Å². The Morgan fingerprint density at radius 3 is 2.77 bits per heavy atom. The van der Waals surface area contributed by atoms with Gasteiger partial charge in [-0.3, -0.25) is 4.79 Å². The van der Waals surface area contributed by atoms with Gasteiger partial charge in [-0.15, -0.1) is 0 Å². The van der Waals surface area contributed by atoms with Gasteiger partial charge in [-0.25, -0.2) is 0 Å². The molecule has 1 rings (SSSR count). The zero-order valence-corrected chi connectivity index (χ0v) is 7.50. The van der Waals surface area contributed by atoms with Gasteiger partial charge >= 0.3 is 0 Å². The summed E-state index contributed by atoms with van der Waals surface area (Å²) >= 11 is 0. The quantitative estimate of drug-likeness (QED) is 0.589. The summed E-state index contributed by atoms with van der Waals surface area (Å²) in [6.07, 6.45) is 0. The number of para-hydroxylation sites is 2. The van der Waals surface area contributed by atoms with Crippen LogP contribution in [0.15, 0.2) is 24.3 Å². The smallest absolute Gasteiger partial charge is 0.239 e. The van der Waals surface area contributed by atoms with E-state index in [2.05, 4.69) is 10.6 Å². The normalized spacial score (nSPS) is 9.31. The molecule has 4 N–H and O–H groups in total. The standard InChI is InChI=1S/C9H13N3O/c1-11-9(13)6-12-8-5-3-2-4-7(8)10/h2-5,12H,6,10H2,1H3,(H,11,13). The fraction of sp³-hybridized carbons (Fsp3) is 0.222. The van der Waals surface area contributed by atoms with E-state index < -0.39 is 0 Å². The Hall–Kier alpha value is -1.71. The fourth-order valence-electron chi connectivity index (χ4n) is 0.922. The molecule has 1 amide bonds. The highest BCUT2D eigenvalue weighted by Crippen LogP contribution is 2.15. The molecule has 0 saturated carbocycles. The van der Waals surface area contributed by atoms with Crippen molar-refractivity contribution in [3.05, 3.63) is 24.3 Å². The fourth-order valence-corrected chi connectivity index (χ4v) is 0.922. The Kier molecular flexibility index (Phi) is 3.14. The third kappa shape index (κ3) is 2.66. The van der Waals surface area contributed by atoms with Gasteiger partial charge in [0.15, 0.2) is 0 Å². The van der Waals surface area contributed by atoms with Crippen LogP contribution in [0.4, 0.5) is 11.4 Å². The molecule has 4 nitrogen and oxygen atoms in total. The number of benzene rings is 1. The van der Waals surface area contributed by atoms with E-state index in [4.69, 9.17) is 5.73 Å². The second kappa shape index (κ2) is 4.35. The first kappa shape index (κ1) is 9.38. The SMILES string of the molecule is CNC(=O)CNc1ccccc1N. The topological polar surface area (TPSA) is 67.2 Å². The van der Waals surface area contributed by atoms with Crippen molar-refractivity contribution in [2.24, 2.45) is 0 Å². The predicted molar refractivity (Wildman–Crippen MR) is 53.4 cm³/mol. The van der Waals surface area contributed by atoms with E-state index in [1.807, 2.05) is 18.2 Å². The van der Waals surface area contributed by atoms with Crippen LogP contribution in [0.5, 0.6) is 0 Å². The summed E-state index contributed by atoms with van der Waals surface area (Å²) in [5.74, 6) is -0.0664. The monoisotopic (exact) mass is 179 g/mol. The molecule has 1 aromatic carbocycles. The molecular weight excluding hydrogens is 166 g/mol. The van der Waals surface area contributed by atoms with Gasteiger partial charge in [0, 0.05) is 7.05 Å². The van der Waals surface area contributed by atoms with Crippen LogP contribution in [-0.2, 0) is 4.79 Å². The first-order valence-corrected chi connectivity index (χ1v) is 4.03. The Bertz CT molecular complexity index is 299. The molecule has 0 aliphatic heterocycles. The summed E-state index contributed by atoms with van der Waals surface area (Å²) in [4.78, 5) is 10.9. The maximum absolute atomic E-state index is 10.9. The molecule has 0 aromatic heterocycles. The third-order valence-electron chi connectivity index (χ3n) is 1.68. The highest BCUT2D eigenvalue weighted by atomic mass is 16.1. The van der Waals surface area contributed by atoms with Crippen molar-refractivity contribution in [3.8, 4) is 0 Å². The summed E-state index contributed by atoms with van der Waals surface area (Å²) in [6.45, 7) is 0.241. The molecule has 0 saturated heterocycles. The molecule has 0 heterocycles. The van der Waals surface area contributed by atoms with Crippen molar-refractivity contribution < 1.29 is 4.79 Å². The van der Waals surface area contributed by atoms with Crippen LogP contribution < -0.4 is 16.4 Å². The Balaban J connectivity index is 2.54. The van der Waals surface area contributed by atoms with Crippen molar-refractivity contribution in [3.63, 3.8) is 0 Å². The largest absolute Gasteiger partial charge is 0.397 e. The second-order valence-corrected chi connectivity index (χ2v) is 2.61. The summed E-state index contributed by atoms with van der Waals surface area (Å²) in [6, 6.07) is 7.33. The van der Waals surface area contributed by atoms with E-state index in [0.29, 0.717) is 5.69 Å². The number of nitrogen functional groups attached to an aromatic ring is 1. The minimum absolute atomic E-state index is 0.0664. The molecule has 0 atom stereocenters. The van der Waals surface area contributed by atoms with Crippen LogP contribution in [0.25, 0.3) is 0 Å². The average Bonchev–Trinajstić information content (AvgIpc) is 2.16. The van der Waals surface area contributed by atoms with Crippen LogP contribution >= 0.6 is 0 Å². The third-order valence-corrected chi connectivity index (χ3v) is 1.68. The highest BCUT2D eigenvalue weighted by Gasteiger charge is 1.99. The summed E-state index contributed by atoms with van der Waals surface area (Å²) in [7, 11) is 1.60. The number of carbonyl (C=O) groups is 1. The number of amides is 1. The number of hydrogen-bond donors (Lipinski definition) is 3. The maximum atomic E-state index is 10.9. The van der Waals surface area contributed by atoms with Crippen molar-refractivity contribution in [1.29, 1.82) is 0 Å². The lowest BCUT2D eigenvalue weighted by molar-refractivity contribution is -0.118. The Labute approximate surface area is 77.1 Å². The molecule has 0 radical (unpaired) electrons. The lowest BCUT2D eigenvalue weighted by Crippen LogP contribution is -2.26. The van der Waals surface area contributed by atoms with Gasteiger partial charge in [-0.1, -0.05) is 12.1 Å². The van der Waals surface area contributed by atoms with Gasteiger partial charge in [0.1, 0.15) is 0 Å². The molecule has 70 valence electrons. The van der Waals surface area contributed by atoms with E-state index in [9.17, 15) is 4.79 Å². The van der Waals surface area contributed by atoms with Gasteiger partial charge in [-0.05, 0) is 12.1 Å². The van der Waals surface area contributed by atoms with Crippen LogP contribution in [0.3, 0.4) is 0 Å². The Morgan fingerprint density at radius 2 is 2.15 bits per heavy atom. The molecule has 0 bridgehead atoms. The average molecular weight is 179 g/mol. The van der Waals surface area contributed by atoms with E-state index in [0.717, 1.165) is 5.69 Å². The summed E-state index contributed by atoms with van der Waals surface area (Å²) in [5.41, 5.74) is 7.08. The summed E-state index contributed by atoms with van der Waals surface area (Å²) < 4.78 is 0. The van der Waals surface area contributed by atoms with Crippen molar-refractivity contribution in [1.82, 2.24) is 5.32 Å². The second-order valence-electron chi connectivity index (χ2n) is 2.61. The van der Waals surface area contributed by atoms with Crippen LogP contribution in [0.1, 0.15) is 0 Å². The molecule has 4 heteroatoms. The van der Waals surface area contributed by atoms with E-state index in [1.54, 1.807) is 13.1 Å². The molecule has 0 fully saturated rings. The maximum Gasteiger partial charge on any atom is 0.239 e. The number of nitrogens with one attached hydrogen (secondary N) is 2. The van der Waals surface area contributed by atoms with Crippen molar-refractivity contribution in [2.45, 2.75) is 0 Å². The minimum Gasteiger partial charge on any atom is -0.397 e. The van der Waals surface area contributed by atoms with Gasteiger partial charge in [0.05, 0.1) is 17.9 Å². The molecule has 13 heavy (non-hydrogen) atoms. The first-order valence-electron chi connectivity index (χ1n) is 4.03. The number of rotatable bonds is 3. The zero-order valence-electron chi connectivity index (χ0n) is 7.50. The van der Waals surface area contributed by atoms with Gasteiger partial charge < -0.3 is 16.4 Å². The van der Waals surface area contributed by atoms with Crippen LogP contribution in [0.2, 0.25) is 0 Å². The summed E-state index contributed by atoms with van der Waals surface area (Å²) in [5, 5.41) is 5.44. The number of nitrogens with two attached hydrogens (primary N) is 1. The predicted octanol–water partition coefficient (Wildman–Crippen LogP) is 0.427. The number of hydrogen-bond acceptors (Lipinski definition) is 3. The molecule has 1 aromatic rings. The Morgan fingerprint density at radius 1 is 1.46 bits per heavy atom. The number of anilines is 2. The molecule has 0 aliphatic carbocycles. The van der Waals surface area contributed by atoms with Crippen molar-refractivity contribution in [2.75, 3.05) is 24.6 Å². The van der Waals surface area contributed by atoms with Crippen LogP contribution in [-0.4, -0.2) is 19.5 Å². The van der Waals surface area contributed by atoms with E-state index in [-0.39, 0.29) is 12.5 Å². The molecule has 0 spiro atoms. The van der Waals surface area contributed by atoms with Gasteiger partial charge in [0.25, 0.3) is 0 Å². The number of likely N-dealkylation sites (N-methyl/N-ethyl adjacent to an activating group) is 1. The van der Waals surface area contributed by atoms with E-state index >= 15 is 0 Å². The van der Waals surface area contributed by atoms with Crippen LogP contribution in [0, 0.1) is 0 Å². The minimum atomic E-state index is -0.0664. The zero-order chi connectivity index (χ0) is 9.68. The van der Waals surface area contributed by atoms with Crippen molar-refractivity contribution >= 4 is 17.3 Å². The molecule has 0 unspecified atom stereocenters. The lowest BCUT2D eigenvalue weighted by Gasteiger charge is -2.07. The lowest BCUT2D eigenvalue weighted by atomic mass is 10.3. The first-order chi connectivity index (χ1) is 6.24. The highest BCUT2D eigenvalue weighted by molar-refractivity contribution is 5.81. The molecule has 0 aliphatic rings.